The van der Waals surface area contributed by atoms with Crippen molar-refractivity contribution >= 4 is 17.0 Å². The standard InChI is InChI=1S/C28H35FN2O4S/c1-3-31-20-5-6-21(31)12-16(11-20)10-17-13-19(29)4-9-25(17)36(33)30-24-8-7-22-23-14-18(23)15-35-27(22)26(24)28(32)34-2/h4,7-9,13,16,18,20-21,23,28,30,32H,3,5-6,10-12,14-15H2,1-2H3/t16?,18-,20?,21?,23?,28?,36?/m1/s1. The van der Waals surface area contributed by atoms with E-state index in [-0.39, 0.29) is 5.82 Å². The highest BCUT2D eigenvalue weighted by atomic mass is 32.2. The molecule has 8 heteroatoms. The maximum absolute atomic E-state index is 14.3. The van der Waals surface area contributed by atoms with Crippen LogP contribution < -0.4 is 9.46 Å². The monoisotopic (exact) mass is 514 g/mol. The minimum atomic E-state index is -1.65. The topological polar surface area (TPSA) is 77.0 Å². The van der Waals surface area contributed by atoms with Crippen LogP contribution in [0.5, 0.6) is 5.75 Å². The van der Waals surface area contributed by atoms with Crippen LogP contribution in [0.25, 0.3) is 0 Å². The average Bonchev–Trinajstić information content (AvgIpc) is 3.62. The number of anilines is 1. The van der Waals surface area contributed by atoms with Crippen LogP contribution in [0.2, 0.25) is 0 Å². The fourth-order valence-corrected chi connectivity index (χ4v) is 8.01. The first kappa shape index (κ1) is 24.5. The fourth-order valence-electron chi connectivity index (χ4n) is 6.95. The van der Waals surface area contributed by atoms with E-state index in [4.69, 9.17) is 9.47 Å². The maximum atomic E-state index is 14.3. The average molecular weight is 515 g/mol. The second-order valence-corrected chi connectivity index (χ2v) is 12.0. The van der Waals surface area contributed by atoms with E-state index in [2.05, 4.69) is 16.5 Å². The zero-order valence-corrected chi connectivity index (χ0v) is 21.7. The lowest BCUT2D eigenvalue weighted by molar-refractivity contribution is -0.0779. The number of hydrogen-bond acceptors (Lipinski definition) is 6. The minimum absolute atomic E-state index is 0.309. The Balaban J connectivity index is 1.25. The second kappa shape index (κ2) is 9.80. The third kappa shape index (κ3) is 4.41. The Morgan fingerprint density at radius 1 is 1.22 bits per heavy atom. The SMILES string of the molecule is CCN1C2CCC1CC(Cc1cc(F)ccc1[S+]([O-])Nc1ccc3c(c1C(O)OC)OC[C@H]1CC31)C2. The van der Waals surface area contributed by atoms with Crippen LogP contribution in [0.1, 0.15) is 67.9 Å². The molecule has 3 heterocycles. The third-order valence-corrected chi connectivity index (χ3v) is 9.94. The highest BCUT2D eigenvalue weighted by Crippen LogP contribution is 2.56. The predicted octanol–water partition coefficient (Wildman–Crippen LogP) is 4.90. The minimum Gasteiger partial charge on any atom is -0.588 e. The van der Waals surface area contributed by atoms with Gasteiger partial charge in [-0.1, -0.05) is 13.0 Å². The van der Waals surface area contributed by atoms with Crippen molar-refractivity contribution in [3.05, 3.63) is 52.8 Å². The first-order valence-electron chi connectivity index (χ1n) is 13.2. The van der Waals surface area contributed by atoms with E-state index in [1.807, 2.05) is 12.1 Å². The van der Waals surface area contributed by atoms with Crippen LogP contribution in [0.15, 0.2) is 35.2 Å². The number of hydrogen-bond donors (Lipinski definition) is 2. The molecule has 3 aliphatic heterocycles. The summed E-state index contributed by atoms with van der Waals surface area (Å²) in [4.78, 5) is 3.20. The quantitative estimate of drug-likeness (QED) is 0.386. The Hall–Kier alpha value is -1.84. The van der Waals surface area contributed by atoms with Crippen molar-refractivity contribution in [2.45, 2.75) is 74.6 Å². The number of aliphatic hydroxyl groups excluding tert-OH is 1. The lowest BCUT2D eigenvalue weighted by Gasteiger charge is -2.38. The molecule has 2 saturated heterocycles. The zero-order valence-electron chi connectivity index (χ0n) is 20.9. The van der Waals surface area contributed by atoms with Gasteiger partial charge in [0.2, 0.25) is 0 Å². The van der Waals surface area contributed by atoms with Gasteiger partial charge >= 0.3 is 0 Å². The van der Waals surface area contributed by atoms with Crippen molar-refractivity contribution in [3.8, 4) is 5.75 Å². The van der Waals surface area contributed by atoms with Crippen molar-refractivity contribution in [2.75, 3.05) is 25.0 Å². The van der Waals surface area contributed by atoms with Crippen LogP contribution >= 0.6 is 0 Å². The molecule has 194 valence electrons. The van der Waals surface area contributed by atoms with Crippen molar-refractivity contribution < 1.29 is 23.5 Å². The Bertz CT molecular complexity index is 1120. The highest BCUT2D eigenvalue weighted by molar-refractivity contribution is 7.92. The van der Waals surface area contributed by atoms with Gasteiger partial charge in [-0.15, -0.1) is 0 Å². The molecule has 0 spiro atoms. The molecule has 0 amide bonds. The molecule has 0 radical (unpaired) electrons. The summed E-state index contributed by atoms with van der Waals surface area (Å²) in [5, 5.41) is 10.7. The number of methoxy groups -OCH3 is 1. The van der Waals surface area contributed by atoms with Gasteiger partial charge in [0.1, 0.15) is 22.9 Å². The number of halogens is 1. The number of benzene rings is 2. The Kier molecular flexibility index (Phi) is 6.67. The van der Waals surface area contributed by atoms with E-state index >= 15 is 0 Å². The maximum Gasteiger partial charge on any atom is 0.186 e. The first-order valence-corrected chi connectivity index (χ1v) is 14.3. The van der Waals surface area contributed by atoms with Gasteiger partial charge in [0.25, 0.3) is 0 Å². The fraction of sp³-hybridized carbons (Fsp3) is 0.571. The van der Waals surface area contributed by atoms with Crippen LogP contribution in [0.3, 0.4) is 0 Å². The molecule has 6 nitrogen and oxygen atoms in total. The van der Waals surface area contributed by atoms with Crippen LogP contribution in [0.4, 0.5) is 10.1 Å². The molecular weight excluding hydrogens is 479 g/mol. The number of nitrogens with one attached hydrogen (secondary N) is 1. The van der Waals surface area contributed by atoms with Gasteiger partial charge in [-0.05, 0) is 86.7 Å². The lowest BCUT2D eigenvalue weighted by Crippen LogP contribution is -2.43. The zero-order chi connectivity index (χ0) is 25.0. The molecule has 5 unspecified atom stereocenters. The van der Waals surface area contributed by atoms with Crippen molar-refractivity contribution in [1.29, 1.82) is 0 Å². The van der Waals surface area contributed by atoms with E-state index in [9.17, 15) is 14.0 Å². The molecule has 2 N–H and O–H groups in total. The molecular formula is C28H35FN2O4S. The summed E-state index contributed by atoms with van der Waals surface area (Å²) >= 11 is -1.65. The first-order chi connectivity index (χ1) is 17.5. The normalized spacial score (nSPS) is 30.2. The van der Waals surface area contributed by atoms with Gasteiger partial charge < -0.3 is 19.1 Å². The largest absolute Gasteiger partial charge is 0.588 e. The molecule has 3 fully saturated rings. The Morgan fingerprint density at radius 3 is 2.72 bits per heavy atom. The smallest absolute Gasteiger partial charge is 0.186 e. The van der Waals surface area contributed by atoms with Gasteiger partial charge in [0.05, 0.1) is 17.9 Å². The van der Waals surface area contributed by atoms with Crippen molar-refractivity contribution in [3.63, 3.8) is 0 Å². The number of piperidine rings is 1. The predicted molar refractivity (Wildman–Crippen MR) is 137 cm³/mol. The number of aliphatic hydroxyl groups is 1. The number of fused-ring (bicyclic) bond motifs is 5. The summed E-state index contributed by atoms with van der Waals surface area (Å²) in [6.07, 6.45) is 5.29. The summed E-state index contributed by atoms with van der Waals surface area (Å²) in [5.74, 6) is 1.77. The van der Waals surface area contributed by atoms with Crippen molar-refractivity contribution in [2.24, 2.45) is 11.8 Å². The summed E-state index contributed by atoms with van der Waals surface area (Å²) < 4.78 is 42.3. The van der Waals surface area contributed by atoms with Gasteiger partial charge in [-0.3, -0.25) is 4.90 Å². The van der Waals surface area contributed by atoms with Gasteiger partial charge in [0.15, 0.2) is 11.2 Å². The van der Waals surface area contributed by atoms with Gasteiger partial charge in [0, 0.05) is 30.7 Å². The van der Waals surface area contributed by atoms with E-state index in [0.29, 0.717) is 58.3 Å². The molecule has 2 aromatic rings. The molecule has 0 aromatic heterocycles. The number of rotatable bonds is 8. The molecule has 2 aromatic carbocycles. The van der Waals surface area contributed by atoms with Gasteiger partial charge in [-0.2, -0.15) is 0 Å². The van der Waals surface area contributed by atoms with E-state index in [1.165, 1.54) is 32.1 Å². The second-order valence-electron chi connectivity index (χ2n) is 10.8. The van der Waals surface area contributed by atoms with Crippen molar-refractivity contribution in [1.82, 2.24) is 4.90 Å². The summed E-state index contributed by atoms with van der Waals surface area (Å²) in [6.45, 7) is 3.94. The Labute approximate surface area is 215 Å². The summed E-state index contributed by atoms with van der Waals surface area (Å²) in [5.41, 5.74) is 2.84. The summed E-state index contributed by atoms with van der Waals surface area (Å²) in [7, 11) is 1.43. The van der Waals surface area contributed by atoms with Gasteiger partial charge in [-0.25, -0.2) is 9.11 Å². The molecule has 2 bridgehead atoms. The van der Waals surface area contributed by atoms with E-state index in [1.54, 1.807) is 6.07 Å². The molecule has 1 saturated carbocycles. The highest BCUT2D eigenvalue weighted by Gasteiger charge is 2.45. The molecule has 4 aliphatic rings. The van der Waals surface area contributed by atoms with E-state index in [0.717, 1.165) is 43.4 Å². The van der Waals surface area contributed by atoms with Crippen LogP contribution in [-0.4, -0.2) is 46.9 Å². The van der Waals surface area contributed by atoms with Crippen LogP contribution in [0, 0.1) is 17.7 Å². The Morgan fingerprint density at radius 2 is 2.00 bits per heavy atom. The number of ether oxygens (including phenoxy) is 2. The number of nitrogens with zero attached hydrogens (tertiary/aromatic N) is 1. The molecule has 36 heavy (non-hydrogen) atoms. The summed E-state index contributed by atoms with van der Waals surface area (Å²) in [6, 6.07) is 9.60. The third-order valence-electron chi connectivity index (χ3n) is 8.74. The molecule has 6 atom stereocenters. The van der Waals surface area contributed by atoms with Crippen LogP contribution in [-0.2, 0) is 22.5 Å². The lowest BCUT2D eigenvalue weighted by atomic mass is 9.86. The molecule has 6 rings (SSSR count). The van der Waals surface area contributed by atoms with E-state index < -0.39 is 17.7 Å². The molecule has 1 aliphatic carbocycles.